The van der Waals surface area contributed by atoms with Gasteiger partial charge in [-0.05, 0) is 65.2 Å². The van der Waals surface area contributed by atoms with Gasteiger partial charge in [0, 0.05) is 43.1 Å². The summed E-state index contributed by atoms with van der Waals surface area (Å²) in [7, 11) is 1.58. The molecule has 8 nitrogen and oxygen atoms in total. The van der Waals surface area contributed by atoms with E-state index in [9.17, 15) is 14.4 Å². The lowest BCUT2D eigenvalue weighted by molar-refractivity contribution is 0.00874. The number of fused-ring (bicyclic) bond motifs is 1. The first kappa shape index (κ1) is 22.2. The zero-order valence-corrected chi connectivity index (χ0v) is 18.4. The van der Waals surface area contributed by atoms with Crippen LogP contribution >= 0.6 is 0 Å². The highest BCUT2D eigenvalue weighted by molar-refractivity contribution is 6.21. The van der Waals surface area contributed by atoms with Crippen molar-refractivity contribution in [3.8, 4) is 0 Å². The largest absolute Gasteiger partial charge is 0.385 e. The Morgan fingerprint density at radius 2 is 1.73 bits per heavy atom. The van der Waals surface area contributed by atoms with Gasteiger partial charge in [-0.3, -0.25) is 14.5 Å². The zero-order valence-electron chi connectivity index (χ0n) is 18.4. The number of nitrogens with two attached hydrogens (primary N) is 1. The SMILES string of the molecule is COCCCN1C(=O)c2ccc(NC(=O)N3C(C)(C)CC(N)CC3(C)C)cc2C1=O. The van der Waals surface area contributed by atoms with Gasteiger partial charge in [0.1, 0.15) is 0 Å². The molecule has 8 heteroatoms. The van der Waals surface area contributed by atoms with Crippen LogP contribution in [0.1, 0.15) is 67.7 Å². The van der Waals surface area contributed by atoms with Gasteiger partial charge in [-0.1, -0.05) is 0 Å². The number of hydrogen-bond acceptors (Lipinski definition) is 5. The van der Waals surface area contributed by atoms with Gasteiger partial charge in [0.15, 0.2) is 0 Å². The number of nitrogens with one attached hydrogen (secondary N) is 1. The third-order valence-corrected chi connectivity index (χ3v) is 5.89. The van der Waals surface area contributed by atoms with Crippen molar-refractivity contribution in [3.05, 3.63) is 29.3 Å². The summed E-state index contributed by atoms with van der Waals surface area (Å²) in [6.45, 7) is 8.82. The number of benzene rings is 1. The Morgan fingerprint density at radius 1 is 1.13 bits per heavy atom. The molecule has 1 aromatic rings. The van der Waals surface area contributed by atoms with Crippen molar-refractivity contribution in [1.82, 2.24) is 9.80 Å². The van der Waals surface area contributed by atoms with Crippen LogP contribution in [0.25, 0.3) is 0 Å². The van der Waals surface area contributed by atoms with E-state index in [4.69, 9.17) is 10.5 Å². The van der Waals surface area contributed by atoms with Crippen molar-refractivity contribution in [3.63, 3.8) is 0 Å². The summed E-state index contributed by atoms with van der Waals surface area (Å²) in [4.78, 5) is 41.5. The van der Waals surface area contributed by atoms with Gasteiger partial charge in [-0.25, -0.2) is 4.79 Å². The van der Waals surface area contributed by atoms with Crippen LogP contribution in [0, 0.1) is 0 Å². The molecule has 1 fully saturated rings. The number of nitrogens with zero attached hydrogens (tertiary/aromatic N) is 2. The normalized spacial score (nSPS) is 20.5. The molecule has 0 aromatic heterocycles. The van der Waals surface area contributed by atoms with E-state index < -0.39 is 11.1 Å². The quantitative estimate of drug-likeness (QED) is 0.567. The van der Waals surface area contributed by atoms with Gasteiger partial charge in [-0.15, -0.1) is 0 Å². The molecule has 0 spiro atoms. The first-order valence-corrected chi connectivity index (χ1v) is 10.3. The number of ether oxygens (including phenoxy) is 1. The van der Waals surface area contributed by atoms with Crippen LogP contribution in [-0.2, 0) is 4.74 Å². The molecule has 164 valence electrons. The fraction of sp³-hybridized carbons (Fsp3) is 0.591. The summed E-state index contributed by atoms with van der Waals surface area (Å²) in [6, 6.07) is 4.64. The fourth-order valence-electron chi connectivity index (χ4n) is 5.03. The molecule has 3 N–H and O–H groups in total. The van der Waals surface area contributed by atoms with Gasteiger partial charge >= 0.3 is 6.03 Å². The average molecular weight is 417 g/mol. The van der Waals surface area contributed by atoms with E-state index >= 15 is 0 Å². The first-order valence-electron chi connectivity index (χ1n) is 10.3. The molecular weight excluding hydrogens is 384 g/mol. The highest BCUT2D eigenvalue weighted by atomic mass is 16.5. The van der Waals surface area contributed by atoms with Crippen LogP contribution in [0.5, 0.6) is 0 Å². The molecule has 0 radical (unpaired) electrons. The standard InChI is InChI=1S/C22H32N4O4/c1-21(2)12-14(23)13-22(3,4)26(21)20(29)24-15-7-8-16-17(11-15)19(28)25(18(16)27)9-6-10-30-5/h7-8,11,14H,6,9-10,12-13,23H2,1-5H3,(H,24,29). The lowest BCUT2D eigenvalue weighted by Crippen LogP contribution is -2.66. The topological polar surface area (TPSA) is 105 Å². The van der Waals surface area contributed by atoms with Crippen LogP contribution in [0.3, 0.4) is 0 Å². The van der Waals surface area contributed by atoms with Gasteiger partial charge in [0.05, 0.1) is 11.1 Å². The molecule has 0 unspecified atom stereocenters. The monoisotopic (exact) mass is 416 g/mol. The Balaban J connectivity index is 1.79. The van der Waals surface area contributed by atoms with Crippen LogP contribution in [0.2, 0.25) is 0 Å². The number of carbonyl (C=O) groups is 3. The number of piperidine rings is 1. The minimum Gasteiger partial charge on any atom is -0.385 e. The maximum absolute atomic E-state index is 13.2. The molecule has 1 saturated heterocycles. The van der Waals surface area contributed by atoms with Crippen molar-refractivity contribution in [1.29, 1.82) is 0 Å². The zero-order chi connectivity index (χ0) is 22.3. The number of carbonyl (C=O) groups excluding carboxylic acids is 3. The van der Waals surface area contributed by atoms with Gasteiger partial charge < -0.3 is 20.7 Å². The number of likely N-dealkylation sites (tertiary alicyclic amines) is 1. The second-order valence-electron chi connectivity index (χ2n) is 9.43. The molecule has 3 rings (SSSR count). The number of methoxy groups -OCH3 is 1. The fourth-order valence-corrected chi connectivity index (χ4v) is 5.03. The van der Waals surface area contributed by atoms with E-state index in [-0.39, 0.29) is 23.9 Å². The van der Waals surface area contributed by atoms with E-state index in [1.54, 1.807) is 25.3 Å². The maximum Gasteiger partial charge on any atom is 0.322 e. The molecule has 2 heterocycles. The van der Waals surface area contributed by atoms with Crippen LogP contribution < -0.4 is 11.1 Å². The lowest BCUT2D eigenvalue weighted by atomic mass is 9.77. The van der Waals surface area contributed by atoms with E-state index in [1.807, 2.05) is 32.6 Å². The summed E-state index contributed by atoms with van der Waals surface area (Å²) in [5.41, 5.74) is 6.55. The number of hydrogen-bond donors (Lipinski definition) is 2. The summed E-state index contributed by atoms with van der Waals surface area (Å²) in [5, 5.41) is 2.91. The van der Waals surface area contributed by atoms with Crippen LogP contribution in [-0.4, -0.2) is 65.0 Å². The highest BCUT2D eigenvalue weighted by Gasteiger charge is 2.47. The number of rotatable bonds is 5. The second-order valence-corrected chi connectivity index (χ2v) is 9.43. The smallest absolute Gasteiger partial charge is 0.322 e. The predicted octanol–water partition coefficient (Wildman–Crippen LogP) is 2.83. The van der Waals surface area contributed by atoms with E-state index in [0.29, 0.717) is 49.2 Å². The van der Waals surface area contributed by atoms with Gasteiger partial charge in [-0.2, -0.15) is 0 Å². The molecule has 30 heavy (non-hydrogen) atoms. The molecular formula is C22H32N4O4. The molecule has 2 aliphatic heterocycles. The minimum atomic E-state index is -0.411. The van der Waals surface area contributed by atoms with Crippen molar-refractivity contribution in [2.75, 3.05) is 25.6 Å². The molecule has 0 saturated carbocycles. The van der Waals surface area contributed by atoms with E-state index in [2.05, 4.69) is 5.32 Å². The highest BCUT2D eigenvalue weighted by Crippen LogP contribution is 2.38. The Labute approximate surface area is 177 Å². The number of urea groups is 1. The maximum atomic E-state index is 13.2. The van der Waals surface area contributed by atoms with Crippen molar-refractivity contribution < 1.29 is 19.1 Å². The number of amides is 4. The third-order valence-electron chi connectivity index (χ3n) is 5.89. The Kier molecular flexibility index (Phi) is 5.93. The molecule has 4 amide bonds. The number of imide groups is 1. The van der Waals surface area contributed by atoms with Gasteiger partial charge in [0.2, 0.25) is 0 Å². The summed E-state index contributed by atoms with van der Waals surface area (Å²) in [6.07, 6.45) is 1.99. The third kappa shape index (κ3) is 4.06. The van der Waals surface area contributed by atoms with Crippen molar-refractivity contribution in [2.45, 2.75) is 64.1 Å². The molecule has 0 bridgehead atoms. The number of anilines is 1. The summed E-state index contributed by atoms with van der Waals surface area (Å²) in [5.74, 6) is -0.650. The lowest BCUT2D eigenvalue weighted by Gasteiger charge is -2.54. The summed E-state index contributed by atoms with van der Waals surface area (Å²) < 4.78 is 5.00. The first-order chi connectivity index (χ1) is 14.0. The van der Waals surface area contributed by atoms with E-state index in [1.165, 1.54) is 4.90 Å². The Morgan fingerprint density at radius 3 is 2.33 bits per heavy atom. The summed E-state index contributed by atoms with van der Waals surface area (Å²) >= 11 is 0. The molecule has 0 aliphatic carbocycles. The van der Waals surface area contributed by atoms with Crippen LogP contribution in [0.4, 0.5) is 10.5 Å². The molecule has 2 aliphatic rings. The van der Waals surface area contributed by atoms with Gasteiger partial charge in [0.25, 0.3) is 11.8 Å². The molecule has 1 aromatic carbocycles. The average Bonchev–Trinajstić information content (AvgIpc) is 2.83. The second kappa shape index (κ2) is 8.00. The van der Waals surface area contributed by atoms with Crippen molar-refractivity contribution >= 4 is 23.5 Å². The Hall–Kier alpha value is -2.45. The van der Waals surface area contributed by atoms with E-state index in [0.717, 1.165) is 0 Å². The van der Waals surface area contributed by atoms with Crippen LogP contribution in [0.15, 0.2) is 18.2 Å². The molecule has 0 atom stereocenters. The Bertz CT molecular complexity index is 847. The predicted molar refractivity (Wildman–Crippen MR) is 115 cm³/mol. The minimum absolute atomic E-state index is 0.0340. The van der Waals surface area contributed by atoms with Crippen molar-refractivity contribution in [2.24, 2.45) is 5.73 Å².